The number of benzene rings is 8. The van der Waals surface area contributed by atoms with Gasteiger partial charge in [-0.15, -0.1) is 0 Å². The van der Waals surface area contributed by atoms with Gasteiger partial charge < -0.3 is 92.5 Å². The van der Waals surface area contributed by atoms with Crippen molar-refractivity contribution in [2.24, 2.45) is 5.73 Å². The Kier molecular flexibility index (Phi) is 19.0. The number of phenols is 6. The minimum absolute atomic E-state index is 0.116. The number of piperazine rings is 1. The molecule has 0 aliphatic carbocycles. The average Bonchev–Trinajstić information content (AvgIpc) is 0.765. The van der Waals surface area contributed by atoms with Gasteiger partial charge in [0, 0.05) is 62.4 Å². The van der Waals surface area contributed by atoms with Crippen LogP contribution < -0.4 is 51.8 Å². The molecule has 7 amide bonds. The number of nitrogens with zero attached hydrogens (tertiary/aromatic N) is 2. The number of aliphatic hydroxyl groups is 1. The zero-order valence-electron chi connectivity index (χ0n) is 53.7. The fourth-order valence-electron chi connectivity index (χ4n) is 13.0. The van der Waals surface area contributed by atoms with Gasteiger partial charge in [-0.1, -0.05) is 85.1 Å². The molecule has 7 aliphatic rings. The van der Waals surface area contributed by atoms with Crippen molar-refractivity contribution in [3.05, 3.63) is 200 Å². The molecule has 8 aromatic carbocycles. The summed E-state index contributed by atoms with van der Waals surface area (Å²) in [6, 6.07) is 18.0. The lowest BCUT2D eigenvalue weighted by Crippen LogP contribution is -2.57. The number of aromatic hydroxyl groups is 6. The summed E-state index contributed by atoms with van der Waals surface area (Å²) in [6.45, 7) is 3.74. The van der Waals surface area contributed by atoms with Crippen LogP contribution in [-0.4, -0.2) is 125 Å². The second kappa shape index (κ2) is 28.1. The van der Waals surface area contributed by atoms with Gasteiger partial charge in [0.2, 0.25) is 47.1 Å². The first kappa shape index (κ1) is 68.2. The maximum Gasteiger partial charge on any atom is 0.249 e. The smallest absolute Gasteiger partial charge is 0.249 e. The number of amides is 7. The summed E-state index contributed by atoms with van der Waals surface area (Å²) in [6.07, 6.45) is 0.667. The van der Waals surface area contributed by atoms with Gasteiger partial charge in [-0.3, -0.25) is 38.5 Å². The quantitative estimate of drug-likeness (QED) is 0.0762. The third kappa shape index (κ3) is 14.2. The van der Waals surface area contributed by atoms with Gasteiger partial charge >= 0.3 is 0 Å². The molecule has 15 N–H and O–H groups in total. The van der Waals surface area contributed by atoms with Crippen LogP contribution in [0.15, 0.2) is 140 Å². The molecule has 8 aromatic rings. The predicted octanol–water partition coefficient (Wildman–Crippen LogP) is 7.59. The van der Waals surface area contributed by atoms with Crippen molar-refractivity contribution in [3.63, 3.8) is 0 Å². The van der Waals surface area contributed by atoms with E-state index in [9.17, 15) is 40.5 Å². The maximum absolute atomic E-state index is 16.0. The molecule has 7 aliphatic heterocycles. The topological polar surface area (TPSA) is 393 Å². The van der Waals surface area contributed by atoms with E-state index in [-0.39, 0.29) is 97.1 Å². The summed E-state index contributed by atoms with van der Waals surface area (Å²) in [5.41, 5.74) is 7.47. The Balaban J connectivity index is 0.949. The summed E-state index contributed by atoms with van der Waals surface area (Å²) in [5.74, 6) is -13.1. The number of carbonyl (C=O) groups is 7. The summed E-state index contributed by atoms with van der Waals surface area (Å²) in [4.78, 5) is 111. The fraction of sp³-hybridized carbons (Fsp3) is 0.247. The number of carbonyl (C=O) groups excluding carboxylic acids is 7. The monoisotopic (exact) mass is 1410 g/mol. The number of halogens is 2. The fourth-order valence-corrected chi connectivity index (χ4v) is 13.5. The average molecular weight is 1410 g/mol. The third-order valence-corrected chi connectivity index (χ3v) is 19.0. The number of hydrogen-bond acceptors (Lipinski definition) is 19. The molecule has 1 saturated heterocycles. The number of hydrogen-bond donors (Lipinski definition) is 14. The van der Waals surface area contributed by atoms with Crippen LogP contribution in [0.3, 0.4) is 0 Å². The molecule has 0 aromatic heterocycles. The van der Waals surface area contributed by atoms with E-state index in [0.717, 1.165) is 67.3 Å². The van der Waals surface area contributed by atoms with Crippen LogP contribution >= 0.6 is 23.2 Å². The van der Waals surface area contributed by atoms with Gasteiger partial charge in [0.15, 0.2) is 23.0 Å². The standard InChI is InChI=1S/C73H67Cl2N9O17/c1-2-3-4-34-5-7-35(8-6-34)33-83-17-19-84(20-18-83)73(98)63-46-31-43(86)32-52(89)58(46)45-25-38(11-13-50(45)87)60-69(94)82-64(72(97)81-63)65(90)39-12-16-54(48(75)26-39)101-57-29-41-28-56(66(57)91)100-53-15-9-36(21-47(53)74)22-49-67(92)78-61(70(95)80-62(41)71(96)79-60)40-23-42(85)30-44(24-40)99-55-27-37(10-14-51(55)88)59(76)68(93)77-49/h5-16,21,23-32,49,59-65,85-91H,2-4,17-20,22,33,76H2,1H3,(H,77,93)(H,78,92)(H,79,96)(H,80,95)(H,81,97)(H,82,94)/t49-,59+,60-,61+,62-,63+,64+,65-/m1/s1. The van der Waals surface area contributed by atoms with Gasteiger partial charge in [-0.05, 0) is 142 Å². The molecule has 8 atom stereocenters. The van der Waals surface area contributed by atoms with Crippen molar-refractivity contribution in [2.75, 3.05) is 26.2 Å². The number of nitrogens with one attached hydrogen (secondary N) is 6. The molecule has 15 rings (SSSR count). The molecule has 0 radical (unpaired) electrons. The lowest BCUT2D eigenvalue weighted by Gasteiger charge is -2.37. The Morgan fingerprint density at radius 1 is 0.525 bits per heavy atom. The molecule has 0 saturated carbocycles. The molecule has 17 bridgehead atoms. The van der Waals surface area contributed by atoms with Crippen molar-refractivity contribution >= 4 is 64.6 Å². The first-order valence-corrected chi connectivity index (χ1v) is 33.1. The minimum Gasteiger partial charge on any atom is -0.508 e. The second-order valence-corrected chi connectivity index (χ2v) is 26.1. The van der Waals surface area contributed by atoms with E-state index in [2.05, 4.69) is 68.0 Å². The van der Waals surface area contributed by atoms with Crippen LogP contribution in [-0.2, 0) is 52.9 Å². The van der Waals surface area contributed by atoms with Crippen LogP contribution in [0.5, 0.6) is 69.0 Å². The van der Waals surface area contributed by atoms with E-state index in [1.165, 1.54) is 83.3 Å². The van der Waals surface area contributed by atoms with E-state index >= 15 is 28.8 Å². The Morgan fingerprint density at radius 3 is 1.80 bits per heavy atom. The lowest BCUT2D eigenvalue weighted by atomic mass is 9.89. The second-order valence-electron chi connectivity index (χ2n) is 25.3. The van der Waals surface area contributed by atoms with Crippen LogP contribution in [0.4, 0.5) is 0 Å². The van der Waals surface area contributed by atoms with E-state index < -0.39 is 136 Å². The summed E-state index contributed by atoms with van der Waals surface area (Å²) >= 11 is 13.9. The number of phenolic OH excluding ortho intramolecular Hbond substituents is 6. The highest BCUT2D eigenvalue weighted by atomic mass is 35.5. The van der Waals surface area contributed by atoms with Gasteiger partial charge in [-0.2, -0.15) is 0 Å². The van der Waals surface area contributed by atoms with Crippen LogP contribution in [0.2, 0.25) is 10.0 Å². The Labute approximate surface area is 586 Å². The Hall–Kier alpha value is -11.3. The zero-order valence-corrected chi connectivity index (χ0v) is 55.2. The van der Waals surface area contributed by atoms with Crippen molar-refractivity contribution in [3.8, 4) is 80.1 Å². The Bertz CT molecular complexity index is 4690. The Morgan fingerprint density at radius 2 is 1.12 bits per heavy atom. The highest BCUT2D eigenvalue weighted by Crippen LogP contribution is 2.48. The third-order valence-electron chi connectivity index (χ3n) is 18.4. The largest absolute Gasteiger partial charge is 0.508 e. The highest BCUT2D eigenvalue weighted by molar-refractivity contribution is 6.32. The normalized spacial score (nSPS) is 21.5. The lowest BCUT2D eigenvalue weighted by molar-refractivity contribution is -0.140. The first-order valence-electron chi connectivity index (χ1n) is 32.3. The van der Waals surface area contributed by atoms with Crippen molar-refractivity contribution < 1.29 is 83.5 Å². The van der Waals surface area contributed by atoms with Gasteiger partial charge in [0.05, 0.1) is 10.0 Å². The number of aryl methyl sites for hydroxylation is 1. The molecule has 26 nitrogen and oxygen atoms in total. The zero-order chi connectivity index (χ0) is 71.2. The highest BCUT2D eigenvalue weighted by Gasteiger charge is 2.42. The molecule has 1 fully saturated rings. The van der Waals surface area contributed by atoms with Crippen molar-refractivity contribution in [1.29, 1.82) is 0 Å². The SMILES string of the molecule is CCCCc1ccc(CN2CCN(C(=O)[C@H]3NC(=O)[C@H]4NC(=O)[C@H](NC(=O)[C@@H]5NC(=O)[C@H]6NC(=O)[C@@H](Cc7ccc(c(Cl)c7)Oc7cc5cc(c7O)Oc5ccc(cc5Cl)[C@H]4O)NC(=O)[C@@H](N)c4ccc(O)c(c4)Oc4cc(O)cc6c4)c4ccc(O)c(c4)-c4c(O)cc(O)cc43)CC2)cc1. The van der Waals surface area contributed by atoms with E-state index in [0.29, 0.717) is 25.2 Å². The molecular weight excluding hydrogens is 1350 g/mol. The number of unbranched alkanes of at least 4 members (excludes halogenated alkanes) is 1. The number of aliphatic hydroxyl groups excluding tert-OH is 1. The van der Waals surface area contributed by atoms with Crippen molar-refractivity contribution in [1.82, 2.24) is 41.7 Å². The molecular formula is C73H67Cl2N9O17. The number of rotatable bonds is 6. The van der Waals surface area contributed by atoms with E-state index in [1.807, 2.05) is 0 Å². The molecule has 520 valence electrons. The number of ether oxygens (including phenoxy) is 3. The maximum atomic E-state index is 16.0. The molecule has 28 heteroatoms. The molecule has 0 spiro atoms. The van der Waals surface area contributed by atoms with Gasteiger partial charge in [0.1, 0.15) is 88.6 Å². The van der Waals surface area contributed by atoms with Gasteiger partial charge in [0.25, 0.3) is 0 Å². The van der Waals surface area contributed by atoms with Crippen LogP contribution in [0.25, 0.3) is 11.1 Å². The minimum atomic E-state index is -2.16. The van der Waals surface area contributed by atoms with E-state index in [1.54, 1.807) is 0 Å². The molecule has 7 heterocycles. The predicted molar refractivity (Wildman–Crippen MR) is 364 cm³/mol. The summed E-state index contributed by atoms with van der Waals surface area (Å²) in [7, 11) is 0. The number of fused-ring (bicyclic) bond motifs is 14. The number of nitrogens with two attached hydrogens (primary N) is 1. The van der Waals surface area contributed by atoms with Crippen LogP contribution in [0.1, 0.15) is 106 Å². The first-order chi connectivity index (χ1) is 48.4. The van der Waals surface area contributed by atoms with E-state index in [4.69, 9.17) is 43.1 Å². The summed E-state index contributed by atoms with van der Waals surface area (Å²) < 4.78 is 18.7. The van der Waals surface area contributed by atoms with Gasteiger partial charge in [-0.25, -0.2) is 0 Å². The van der Waals surface area contributed by atoms with Crippen molar-refractivity contribution in [2.45, 2.75) is 87.5 Å². The molecule has 101 heavy (non-hydrogen) atoms. The van der Waals surface area contributed by atoms with Crippen LogP contribution in [0, 0.1) is 0 Å². The molecule has 0 unspecified atom stereocenters. The summed E-state index contributed by atoms with van der Waals surface area (Å²) in [5, 5.41) is 97.8.